The molecule has 0 bridgehead atoms. The van der Waals surface area contributed by atoms with Crippen molar-refractivity contribution in [3.8, 4) is 0 Å². The number of nitrogens with one attached hydrogen (secondary N) is 1. The van der Waals surface area contributed by atoms with Crippen molar-refractivity contribution >= 4 is 34.5 Å². The molecule has 35 heavy (non-hydrogen) atoms. The van der Waals surface area contributed by atoms with Gasteiger partial charge < -0.3 is 20.9 Å². The summed E-state index contributed by atoms with van der Waals surface area (Å²) in [4.78, 5) is 33.2. The number of urea groups is 1. The molecule has 1 saturated carbocycles. The number of benzene rings is 1. The van der Waals surface area contributed by atoms with E-state index in [2.05, 4.69) is 34.3 Å². The Bertz CT molecular complexity index is 1290. The van der Waals surface area contributed by atoms with E-state index in [9.17, 15) is 9.59 Å². The van der Waals surface area contributed by atoms with Crippen molar-refractivity contribution in [3.05, 3.63) is 46.2 Å². The molecule has 3 aromatic rings. The fraction of sp³-hybridized carbons (Fsp3) is 0.480. The normalized spacial score (nSPS) is 21.0. The lowest BCUT2D eigenvalue weighted by Gasteiger charge is -2.45. The van der Waals surface area contributed by atoms with Crippen LogP contribution in [-0.2, 0) is 0 Å². The minimum absolute atomic E-state index is 0.0302. The fourth-order valence-electron chi connectivity index (χ4n) is 5.59. The number of nitrogens with two attached hydrogens (primary N) is 1. The van der Waals surface area contributed by atoms with Crippen LogP contribution in [0.5, 0.6) is 0 Å². The minimum atomic E-state index is -0.375. The van der Waals surface area contributed by atoms with Crippen molar-refractivity contribution in [2.24, 2.45) is 5.73 Å². The molecule has 1 saturated heterocycles. The summed E-state index contributed by atoms with van der Waals surface area (Å²) in [7, 11) is 0. The number of anilines is 3. The fourth-order valence-corrected chi connectivity index (χ4v) is 5.59. The van der Waals surface area contributed by atoms with Crippen molar-refractivity contribution in [3.63, 3.8) is 0 Å². The molecule has 2 amide bonds. The smallest absolute Gasteiger partial charge is 0.314 e. The van der Waals surface area contributed by atoms with Crippen LogP contribution in [0.4, 0.5) is 22.1 Å². The molecule has 2 aliphatic rings. The van der Waals surface area contributed by atoms with Gasteiger partial charge in [0.15, 0.2) is 5.65 Å². The molecule has 10 heteroatoms. The number of carbonyl (C=O) groups excluding carboxylic acids is 1. The van der Waals surface area contributed by atoms with Gasteiger partial charge in [-0.1, -0.05) is 12.8 Å². The lowest BCUT2D eigenvalue weighted by atomic mass is 10.1. The highest BCUT2D eigenvalue weighted by Crippen LogP contribution is 2.31. The SMILES string of the molecule is Cc1cc(=O)n(C2CCCC2)c2nc(Nc3ccc(N4C(C)CN(C(N)=O)CC4C)cc3)nnc12. The highest BCUT2D eigenvalue weighted by Gasteiger charge is 2.31. The second-order valence-electron chi connectivity index (χ2n) is 9.80. The van der Waals surface area contributed by atoms with Crippen LogP contribution in [0.15, 0.2) is 35.1 Å². The summed E-state index contributed by atoms with van der Waals surface area (Å²) in [5, 5.41) is 11.9. The van der Waals surface area contributed by atoms with E-state index in [1.807, 2.05) is 31.2 Å². The van der Waals surface area contributed by atoms with Crippen LogP contribution in [-0.4, -0.2) is 55.9 Å². The average Bonchev–Trinajstić information content (AvgIpc) is 3.34. The summed E-state index contributed by atoms with van der Waals surface area (Å²) in [6, 6.07) is 9.75. The maximum absolute atomic E-state index is 12.8. The number of fused-ring (bicyclic) bond motifs is 1. The van der Waals surface area contributed by atoms with Gasteiger partial charge in [-0.3, -0.25) is 9.36 Å². The third-order valence-electron chi connectivity index (χ3n) is 7.19. The van der Waals surface area contributed by atoms with Gasteiger partial charge in [-0.25, -0.2) is 4.79 Å². The Morgan fingerprint density at radius 3 is 2.34 bits per heavy atom. The summed E-state index contributed by atoms with van der Waals surface area (Å²) < 4.78 is 1.80. The zero-order chi connectivity index (χ0) is 24.7. The first kappa shape index (κ1) is 23.1. The molecule has 2 aromatic heterocycles. The van der Waals surface area contributed by atoms with Gasteiger partial charge in [-0.15, -0.1) is 10.2 Å². The lowest BCUT2D eigenvalue weighted by molar-refractivity contribution is 0.185. The van der Waals surface area contributed by atoms with Crippen LogP contribution in [0.3, 0.4) is 0 Å². The summed E-state index contributed by atoms with van der Waals surface area (Å²) >= 11 is 0. The van der Waals surface area contributed by atoms with Gasteiger partial charge in [0.05, 0.1) is 0 Å². The van der Waals surface area contributed by atoms with Gasteiger partial charge in [0.2, 0.25) is 5.95 Å². The standard InChI is InChI=1S/C25H32N8O2/c1-15-12-21(34)33(19-6-4-5-7-19)23-22(15)29-30-25(28-23)27-18-8-10-20(11-9-18)32-16(2)13-31(24(26)35)14-17(32)3/h8-12,16-17,19H,4-7,13-14H2,1-3H3,(H2,26,35)(H,27,28,30). The first-order chi connectivity index (χ1) is 16.8. The molecule has 1 aromatic carbocycles. The van der Waals surface area contributed by atoms with Crippen LogP contribution in [0.1, 0.15) is 51.1 Å². The molecule has 0 radical (unpaired) electrons. The van der Waals surface area contributed by atoms with E-state index >= 15 is 0 Å². The second kappa shape index (κ2) is 9.16. The molecule has 3 heterocycles. The number of hydrogen-bond acceptors (Lipinski definition) is 7. The van der Waals surface area contributed by atoms with Gasteiger partial charge in [0.1, 0.15) is 5.52 Å². The van der Waals surface area contributed by atoms with Crippen LogP contribution < -0.4 is 21.5 Å². The van der Waals surface area contributed by atoms with Gasteiger partial charge in [0.25, 0.3) is 5.56 Å². The first-order valence-corrected chi connectivity index (χ1v) is 12.3. The molecule has 184 valence electrons. The number of carbonyl (C=O) groups is 1. The largest absolute Gasteiger partial charge is 0.363 e. The zero-order valence-electron chi connectivity index (χ0n) is 20.4. The minimum Gasteiger partial charge on any atom is -0.363 e. The molecule has 3 N–H and O–H groups in total. The number of nitrogens with zero attached hydrogens (tertiary/aromatic N) is 6. The predicted molar refractivity (Wildman–Crippen MR) is 136 cm³/mol. The Balaban J connectivity index is 1.39. The Labute approximate surface area is 204 Å². The number of hydrogen-bond donors (Lipinski definition) is 2. The Kier molecular flexibility index (Phi) is 6.04. The maximum atomic E-state index is 12.8. The summed E-state index contributed by atoms with van der Waals surface area (Å²) in [5.41, 5.74) is 9.40. The van der Waals surface area contributed by atoms with E-state index in [-0.39, 0.29) is 29.7 Å². The van der Waals surface area contributed by atoms with Crippen molar-refractivity contribution in [2.45, 2.75) is 64.6 Å². The molecule has 5 rings (SSSR count). The van der Waals surface area contributed by atoms with Gasteiger partial charge >= 0.3 is 6.03 Å². The molecule has 0 spiro atoms. The van der Waals surface area contributed by atoms with E-state index in [0.29, 0.717) is 30.2 Å². The monoisotopic (exact) mass is 476 g/mol. The third-order valence-corrected chi connectivity index (χ3v) is 7.19. The zero-order valence-corrected chi connectivity index (χ0v) is 20.4. The van der Waals surface area contributed by atoms with Gasteiger partial charge in [0, 0.05) is 48.7 Å². The highest BCUT2D eigenvalue weighted by atomic mass is 16.2. The first-order valence-electron chi connectivity index (χ1n) is 12.3. The van der Waals surface area contributed by atoms with Crippen molar-refractivity contribution in [1.29, 1.82) is 0 Å². The van der Waals surface area contributed by atoms with E-state index < -0.39 is 0 Å². The molecule has 2 fully saturated rings. The Morgan fingerprint density at radius 2 is 1.71 bits per heavy atom. The van der Waals surface area contributed by atoms with Gasteiger partial charge in [-0.2, -0.15) is 4.98 Å². The number of aryl methyl sites for hydroxylation is 1. The van der Waals surface area contributed by atoms with Crippen LogP contribution in [0, 0.1) is 6.92 Å². The molecule has 1 aliphatic carbocycles. The van der Waals surface area contributed by atoms with Crippen LogP contribution in [0.2, 0.25) is 0 Å². The lowest BCUT2D eigenvalue weighted by Crippen LogP contribution is -2.59. The average molecular weight is 477 g/mol. The summed E-state index contributed by atoms with van der Waals surface area (Å²) in [6.45, 7) is 7.25. The second-order valence-corrected chi connectivity index (χ2v) is 9.80. The third kappa shape index (κ3) is 4.40. The van der Waals surface area contributed by atoms with E-state index in [4.69, 9.17) is 10.7 Å². The topological polar surface area (TPSA) is 122 Å². The molecular formula is C25H32N8O2. The van der Waals surface area contributed by atoms with E-state index in [1.165, 1.54) is 0 Å². The predicted octanol–water partition coefficient (Wildman–Crippen LogP) is 3.33. The van der Waals surface area contributed by atoms with Gasteiger partial charge in [-0.05, 0) is 63.4 Å². The quantitative estimate of drug-likeness (QED) is 0.592. The van der Waals surface area contributed by atoms with E-state index in [0.717, 1.165) is 42.6 Å². The molecule has 10 nitrogen and oxygen atoms in total. The van der Waals surface area contributed by atoms with Crippen molar-refractivity contribution < 1.29 is 4.79 Å². The van der Waals surface area contributed by atoms with E-state index in [1.54, 1.807) is 15.5 Å². The highest BCUT2D eigenvalue weighted by molar-refractivity contribution is 5.75. The van der Waals surface area contributed by atoms with Crippen LogP contribution in [0.25, 0.3) is 11.2 Å². The number of amides is 2. The van der Waals surface area contributed by atoms with Crippen LogP contribution >= 0.6 is 0 Å². The number of primary amides is 1. The number of piperazine rings is 1. The number of rotatable bonds is 4. The maximum Gasteiger partial charge on any atom is 0.314 e. The molecule has 2 unspecified atom stereocenters. The number of aromatic nitrogens is 4. The molecule has 1 aliphatic heterocycles. The molecule has 2 atom stereocenters. The van der Waals surface area contributed by atoms with Crippen molar-refractivity contribution in [1.82, 2.24) is 24.6 Å². The Hall–Kier alpha value is -3.69. The number of pyridine rings is 1. The summed E-state index contributed by atoms with van der Waals surface area (Å²) in [5.74, 6) is 0.360. The molecular weight excluding hydrogens is 444 g/mol. The Morgan fingerprint density at radius 1 is 1.06 bits per heavy atom. The summed E-state index contributed by atoms with van der Waals surface area (Å²) in [6.07, 6.45) is 4.21. The van der Waals surface area contributed by atoms with Crippen molar-refractivity contribution in [2.75, 3.05) is 23.3 Å².